The number of para-hydroxylation sites is 1. The van der Waals surface area contributed by atoms with Crippen LogP contribution in [0.3, 0.4) is 0 Å². The minimum atomic E-state index is -0.454. The van der Waals surface area contributed by atoms with Gasteiger partial charge in [0.1, 0.15) is 17.4 Å². The number of halogens is 1. The molecule has 3 aromatic heterocycles. The van der Waals surface area contributed by atoms with Crippen LogP contribution in [0.1, 0.15) is 33.7 Å². The second-order valence-corrected chi connectivity index (χ2v) is 6.85. The summed E-state index contributed by atoms with van der Waals surface area (Å²) in [7, 11) is 0. The molecule has 0 bridgehead atoms. The van der Waals surface area contributed by atoms with Crippen molar-refractivity contribution < 1.29 is 13.6 Å². The van der Waals surface area contributed by atoms with Crippen LogP contribution in [0, 0.1) is 0 Å². The van der Waals surface area contributed by atoms with Crippen molar-refractivity contribution in [2.75, 3.05) is 6.54 Å². The monoisotopic (exact) mass is 412 g/mol. The first kappa shape index (κ1) is 15.4. The summed E-state index contributed by atoms with van der Waals surface area (Å²) >= 11 is 3.65. The number of amides is 1. The first-order valence-corrected chi connectivity index (χ1v) is 8.92. The van der Waals surface area contributed by atoms with Crippen molar-refractivity contribution in [3.05, 3.63) is 70.6 Å². The number of rotatable bonds is 2. The number of oxazole rings is 1. The van der Waals surface area contributed by atoms with Crippen molar-refractivity contribution in [3.63, 3.8) is 0 Å². The highest BCUT2D eigenvalue weighted by Crippen LogP contribution is 2.42. The zero-order valence-corrected chi connectivity index (χ0v) is 15.1. The van der Waals surface area contributed by atoms with Crippen LogP contribution in [-0.2, 0) is 6.42 Å². The third-order valence-corrected chi connectivity index (χ3v) is 5.46. The first-order valence-electron chi connectivity index (χ1n) is 8.12. The van der Waals surface area contributed by atoms with Gasteiger partial charge in [-0.25, -0.2) is 9.97 Å². The molecule has 0 saturated carbocycles. The van der Waals surface area contributed by atoms with E-state index in [1.165, 1.54) is 12.6 Å². The molecule has 0 saturated heterocycles. The molecular formula is C18H13BrN4O3. The predicted molar refractivity (Wildman–Crippen MR) is 95.6 cm³/mol. The number of nitrogens with one attached hydrogen (secondary N) is 1. The smallest absolute Gasteiger partial charge is 0.292 e. The van der Waals surface area contributed by atoms with Gasteiger partial charge in [0.05, 0.1) is 22.7 Å². The molecule has 1 aliphatic rings. The summed E-state index contributed by atoms with van der Waals surface area (Å²) in [6.45, 7) is 0.517. The summed E-state index contributed by atoms with van der Waals surface area (Å²) in [6.07, 6.45) is 5.01. The van der Waals surface area contributed by atoms with Crippen LogP contribution in [0.4, 0.5) is 0 Å². The lowest BCUT2D eigenvalue weighted by atomic mass is 10.00. The largest absolute Gasteiger partial charge is 0.457 e. The molecule has 4 aromatic rings. The molecular weight excluding hydrogens is 400 g/mol. The average Bonchev–Trinajstić information content (AvgIpc) is 3.41. The summed E-state index contributed by atoms with van der Waals surface area (Å²) < 4.78 is 12.2. The maximum absolute atomic E-state index is 13.0. The molecule has 1 aromatic carbocycles. The minimum absolute atomic E-state index is 0.196. The zero-order valence-electron chi connectivity index (χ0n) is 13.5. The zero-order chi connectivity index (χ0) is 17.7. The van der Waals surface area contributed by atoms with Crippen LogP contribution in [0.25, 0.3) is 11.0 Å². The molecule has 4 heterocycles. The predicted octanol–water partition coefficient (Wildman–Crippen LogP) is 3.69. The van der Waals surface area contributed by atoms with E-state index < -0.39 is 6.04 Å². The Morgan fingerprint density at radius 1 is 1.35 bits per heavy atom. The molecule has 5 rings (SSSR count). The van der Waals surface area contributed by atoms with Crippen LogP contribution in [0.15, 0.2) is 56.5 Å². The number of H-pyrrole nitrogens is 1. The molecule has 7 nitrogen and oxygen atoms in total. The van der Waals surface area contributed by atoms with Crippen LogP contribution in [0.2, 0.25) is 0 Å². The van der Waals surface area contributed by atoms with E-state index in [1.807, 2.05) is 24.3 Å². The van der Waals surface area contributed by atoms with E-state index in [0.717, 1.165) is 26.8 Å². The Morgan fingerprint density at radius 3 is 3.04 bits per heavy atom. The second kappa shape index (κ2) is 5.84. The number of hydrogen-bond acceptors (Lipinski definition) is 5. The van der Waals surface area contributed by atoms with E-state index in [0.29, 0.717) is 18.7 Å². The number of aromatic amines is 1. The number of benzene rings is 1. The molecule has 1 amide bonds. The molecule has 0 spiro atoms. The lowest BCUT2D eigenvalue weighted by Gasteiger charge is -2.33. The van der Waals surface area contributed by atoms with Crippen molar-refractivity contribution in [1.29, 1.82) is 0 Å². The van der Waals surface area contributed by atoms with Gasteiger partial charge in [-0.3, -0.25) is 4.79 Å². The van der Waals surface area contributed by atoms with Gasteiger partial charge in [-0.05, 0) is 28.1 Å². The number of carbonyl (C=O) groups is 1. The van der Waals surface area contributed by atoms with Crippen molar-refractivity contribution >= 4 is 32.8 Å². The first-order chi connectivity index (χ1) is 12.7. The Kier molecular flexibility index (Phi) is 3.46. The molecule has 0 unspecified atom stereocenters. The van der Waals surface area contributed by atoms with Gasteiger partial charge in [0.25, 0.3) is 5.91 Å². The lowest BCUT2D eigenvalue weighted by molar-refractivity contribution is 0.0639. The molecule has 1 N–H and O–H groups in total. The van der Waals surface area contributed by atoms with Crippen molar-refractivity contribution in [2.45, 2.75) is 12.5 Å². The van der Waals surface area contributed by atoms with Crippen LogP contribution >= 0.6 is 15.9 Å². The summed E-state index contributed by atoms with van der Waals surface area (Å²) in [5.74, 6) is 0.599. The fourth-order valence-corrected chi connectivity index (χ4v) is 4.06. The average molecular weight is 413 g/mol. The highest BCUT2D eigenvalue weighted by molar-refractivity contribution is 9.10. The molecule has 0 fully saturated rings. The molecule has 0 aliphatic carbocycles. The van der Waals surface area contributed by atoms with Gasteiger partial charge in [0.2, 0.25) is 5.76 Å². The van der Waals surface area contributed by atoms with Crippen LogP contribution < -0.4 is 0 Å². The van der Waals surface area contributed by atoms with Crippen molar-refractivity contribution in [2.24, 2.45) is 0 Å². The number of imidazole rings is 1. The second-order valence-electron chi connectivity index (χ2n) is 6.06. The Hall–Kier alpha value is -2.87. The van der Waals surface area contributed by atoms with Gasteiger partial charge in [-0.2, -0.15) is 0 Å². The number of aromatic nitrogens is 3. The third kappa shape index (κ3) is 2.22. The van der Waals surface area contributed by atoms with E-state index in [2.05, 4.69) is 30.9 Å². The lowest BCUT2D eigenvalue weighted by Crippen LogP contribution is -2.40. The van der Waals surface area contributed by atoms with Crippen molar-refractivity contribution in [1.82, 2.24) is 19.9 Å². The van der Waals surface area contributed by atoms with E-state index in [1.54, 1.807) is 11.2 Å². The van der Waals surface area contributed by atoms with Gasteiger partial charge < -0.3 is 18.7 Å². The normalized spacial score (nSPS) is 16.8. The number of nitrogens with zero attached hydrogens (tertiary/aromatic N) is 3. The highest BCUT2D eigenvalue weighted by Gasteiger charge is 2.39. The van der Waals surface area contributed by atoms with Crippen LogP contribution in [-0.4, -0.2) is 32.3 Å². The van der Waals surface area contributed by atoms with Crippen LogP contribution in [0.5, 0.6) is 0 Å². The molecule has 0 radical (unpaired) electrons. The maximum atomic E-state index is 13.0. The van der Waals surface area contributed by atoms with Gasteiger partial charge >= 0.3 is 0 Å². The molecule has 26 heavy (non-hydrogen) atoms. The molecule has 1 aliphatic heterocycles. The summed E-state index contributed by atoms with van der Waals surface area (Å²) in [5.41, 5.74) is 2.54. The molecule has 1 atom stereocenters. The molecule has 8 heteroatoms. The van der Waals surface area contributed by atoms with Gasteiger partial charge in [0, 0.05) is 24.0 Å². The third-order valence-electron chi connectivity index (χ3n) is 4.64. The Bertz CT molecular complexity index is 1100. The van der Waals surface area contributed by atoms with E-state index in [4.69, 9.17) is 8.83 Å². The fourth-order valence-electron chi connectivity index (χ4n) is 3.43. The number of carbonyl (C=O) groups excluding carboxylic acids is 1. The standard InChI is InChI=1S/C18H13BrN4O3/c19-14-10-3-1-2-4-12(10)26-17(14)16-15-11(21-8-22-15)5-6-23(16)18(24)13-7-20-9-25-13/h1-4,7-9,16H,5-6H2,(H,21,22)/t16-/m1/s1. The number of hydrogen-bond donors (Lipinski definition) is 1. The topological polar surface area (TPSA) is 88.2 Å². The van der Waals surface area contributed by atoms with E-state index in [-0.39, 0.29) is 11.7 Å². The van der Waals surface area contributed by atoms with Gasteiger partial charge in [-0.1, -0.05) is 12.1 Å². The minimum Gasteiger partial charge on any atom is -0.457 e. The van der Waals surface area contributed by atoms with Gasteiger partial charge in [0.15, 0.2) is 6.39 Å². The Morgan fingerprint density at radius 2 is 2.23 bits per heavy atom. The van der Waals surface area contributed by atoms with Gasteiger partial charge in [-0.15, -0.1) is 0 Å². The SMILES string of the molecule is O=C(c1cnco1)N1CCc2[nH]cnc2[C@@H]1c1oc2ccccc2c1Br. The maximum Gasteiger partial charge on any atom is 0.292 e. The quantitative estimate of drug-likeness (QED) is 0.542. The van der Waals surface area contributed by atoms with Crippen molar-refractivity contribution in [3.8, 4) is 0 Å². The number of fused-ring (bicyclic) bond motifs is 2. The van der Waals surface area contributed by atoms with E-state index in [9.17, 15) is 4.79 Å². The highest BCUT2D eigenvalue weighted by atomic mass is 79.9. The van der Waals surface area contributed by atoms with E-state index >= 15 is 0 Å². The number of furan rings is 1. The summed E-state index contributed by atoms with van der Waals surface area (Å²) in [6, 6.07) is 7.29. The Labute approximate surface area is 156 Å². The summed E-state index contributed by atoms with van der Waals surface area (Å²) in [4.78, 5) is 26.2. The molecule has 130 valence electrons. The summed E-state index contributed by atoms with van der Waals surface area (Å²) in [5, 5.41) is 0.956. The Balaban J connectivity index is 1.69. The fraction of sp³-hybridized carbons (Fsp3) is 0.167.